The molecule has 0 radical (unpaired) electrons. The Morgan fingerprint density at radius 3 is 1.50 bits per heavy atom. The predicted octanol–water partition coefficient (Wildman–Crippen LogP) is 4.62. The molecular weight excluding hydrogens is 212 g/mol. The van der Waals surface area contributed by atoms with Crippen molar-refractivity contribution < 1.29 is 0 Å². The van der Waals surface area contributed by atoms with Gasteiger partial charge >= 0.3 is 0 Å². The molecule has 0 amide bonds. The molecule has 0 saturated carbocycles. The Morgan fingerprint density at radius 2 is 1.42 bits per heavy atom. The molecular formula is C11H23Br. The van der Waals surface area contributed by atoms with Crippen molar-refractivity contribution in [1.29, 1.82) is 0 Å². The lowest BCUT2D eigenvalue weighted by atomic mass is 9.72. The molecule has 1 heteroatoms. The van der Waals surface area contributed by atoms with Gasteiger partial charge in [0, 0.05) is 5.33 Å². The van der Waals surface area contributed by atoms with Crippen molar-refractivity contribution in [2.24, 2.45) is 10.8 Å². The van der Waals surface area contributed by atoms with E-state index in [0.29, 0.717) is 10.8 Å². The minimum atomic E-state index is 0.458. The van der Waals surface area contributed by atoms with E-state index in [1.807, 2.05) is 0 Å². The second-order valence-corrected chi connectivity index (χ2v) is 5.64. The standard InChI is InChI=1S/C11H23Br/c1-6-11(7-2,9-12)8-10(3,4)5/h6-9H2,1-5H3. The first-order valence-corrected chi connectivity index (χ1v) is 6.07. The van der Waals surface area contributed by atoms with Crippen LogP contribution in [0.3, 0.4) is 0 Å². The highest BCUT2D eigenvalue weighted by Crippen LogP contribution is 2.40. The lowest BCUT2D eigenvalue weighted by Gasteiger charge is -2.36. The fraction of sp³-hybridized carbons (Fsp3) is 1.00. The molecule has 0 nitrogen and oxygen atoms in total. The maximum atomic E-state index is 3.65. The summed E-state index contributed by atoms with van der Waals surface area (Å²) in [6, 6.07) is 0. The van der Waals surface area contributed by atoms with Gasteiger partial charge in [0.25, 0.3) is 0 Å². The zero-order valence-electron chi connectivity index (χ0n) is 9.21. The van der Waals surface area contributed by atoms with Crippen LogP contribution in [-0.4, -0.2) is 5.33 Å². The van der Waals surface area contributed by atoms with Crippen molar-refractivity contribution in [2.45, 2.75) is 53.9 Å². The average molecular weight is 235 g/mol. The van der Waals surface area contributed by atoms with E-state index in [-0.39, 0.29) is 0 Å². The van der Waals surface area contributed by atoms with Gasteiger partial charge in [0.15, 0.2) is 0 Å². The molecule has 0 spiro atoms. The van der Waals surface area contributed by atoms with Gasteiger partial charge in [0.1, 0.15) is 0 Å². The van der Waals surface area contributed by atoms with Crippen LogP contribution >= 0.6 is 15.9 Å². The highest BCUT2D eigenvalue weighted by Gasteiger charge is 2.29. The zero-order valence-corrected chi connectivity index (χ0v) is 10.8. The lowest BCUT2D eigenvalue weighted by molar-refractivity contribution is 0.184. The second-order valence-electron chi connectivity index (χ2n) is 5.08. The molecule has 0 aliphatic carbocycles. The Labute approximate surface area is 86.3 Å². The minimum absolute atomic E-state index is 0.458. The molecule has 0 aromatic carbocycles. The van der Waals surface area contributed by atoms with Crippen LogP contribution in [-0.2, 0) is 0 Å². The van der Waals surface area contributed by atoms with Crippen LogP contribution in [0.25, 0.3) is 0 Å². The first-order valence-electron chi connectivity index (χ1n) is 4.95. The van der Waals surface area contributed by atoms with Gasteiger partial charge in [-0.1, -0.05) is 50.5 Å². The third-order valence-electron chi connectivity index (χ3n) is 2.69. The maximum absolute atomic E-state index is 3.65. The van der Waals surface area contributed by atoms with Crippen molar-refractivity contribution in [3.63, 3.8) is 0 Å². The first-order chi connectivity index (χ1) is 5.39. The molecule has 0 rings (SSSR count). The first kappa shape index (κ1) is 12.5. The molecule has 0 atom stereocenters. The van der Waals surface area contributed by atoms with Gasteiger partial charge in [-0.3, -0.25) is 0 Å². The molecule has 0 aromatic heterocycles. The molecule has 0 aromatic rings. The van der Waals surface area contributed by atoms with Crippen LogP contribution in [0.2, 0.25) is 0 Å². The van der Waals surface area contributed by atoms with E-state index in [9.17, 15) is 0 Å². The summed E-state index contributed by atoms with van der Waals surface area (Å²) < 4.78 is 0. The van der Waals surface area contributed by atoms with E-state index in [2.05, 4.69) is 50.5 Å². The second kappa shape index (κ2) is 4.64. The van der Waals surface area contributed by atoms with Crippen LogP contribution < -0.4 is 0 Å². The average Bonchev–Trinajstić information content (AvgIpc) is 1.99. The summed E-state index contributed by atoms with van der Waals surface area (Å²) in [4.78, 5) is 0. The maximum Gasteiger partial charge on any atom is 0.00879 e. The third kappa shape index (κ3) is 3.93. The number of hydrogen-bond donors (Lipinski definition) is 0. The fourth-order valence-corrected chi connectivity index (χ4v) is 2.85. The van der Waals surface area contributed by atoms with Gasteiger partial charge in [0.2, 0.25) is 0 Å². The van der Waals surface area contributed by atoms with Crippen LogP contribution in [0, 0.1) is 10.8 Å². The van der Waals surface area contributed by atoms with E-state index in [1.165, 1.54) is 19.3 Å². The molecule has 0 unspecified atom stereocenters. The molecule has 74 valence electrons. The Kier molecular flexibility index (Phi) is 4.83. The molecule has 0 heterocycles. The summed E-state index contributed by atoms with van der Waals surface area (Å²) in [5.41, 5.74) is 0.984. The van der Waals surface area contributed by atoms with Gasteiger partial charge in [-0.05, 0) is 30.1 Å². The van der Waals surface area contributed by atoms with Gasteiger partial charge in [-0.2, -0.15) is 0 Å². The topological polar surface area (TPSA) is 0 Å². The molecule has 0 aliphatic rings. The molecule has 0 aliphatic heterocycles. The Bertz CT molecular complexity index is 109. The van der Waals surface area contributed by atoms with Crippen LogP contribution in [0.1, 0.15) is 53.9 Å². The number of alkyl halides is 1. The van der Waals surface area contributed by atoms with Crippen molar-refractivity contribution in [3.05, 3.63) is 0 Å². The third-order valence-corrected chi connectivity index (χ3v) is 3.88. The van der Waals surface area contributed by atoms with Crippen molar-refractivity contribution >= 4 is 15.9 Å². The van der Waals surface area contributed by atoms with E-state index in [1.54, 1.807) is 0 Å². The number of halogens is 1. The number of rotatable bonds is 4. The fourth-order valence-electron chi connectivity index (χ4n) is 1.86. The Balaban J connectivity index is 4.30. The molecule has 0 N–H and O–H groups in total. The largest absolute Gasteiger partial charge is 0.0922 e. The molecule has 0 saturated heterocycles. The quantitative estimate of drug-likeness (QED) is 0.623. The highest BCUT2D eigenvalue weighted by molar-refractivity contribution is 9.09. The number of hydrogen-bond acceptors (Lipinski definition) is 0. The summed E-state index contributed by atoms with van der Waals surface area (Å²) >= 11 is 3.65. The van der Waals surface area contributed by atoms with E-state index in [4.69, 9.17) is 0 Å². The zero-order chi connectivity index (χ0) is 9.83. The van der Waals surface area contributed by atoms with E-state index in [0.717, 1.165) is 5.33 Å². The predicted molar refractivity (Wildman–Crippen MR) is 60.9 cm³/mol. The van der Waals surface area contributed by atoms with Gasteiger partial charge in [-0.25, -0.2) is 0 Å². The highest BCUT2D eigenvalue weighted by atomic mass is 79.9. The van der Waals surface area contributed by atoms with Gasteiger partial charge < -0.3 is 0 Å². The summed E-state index contributed by atoms with van der Waals surface area (Å²) in [7, 11) is 0. The van der Waals surface area contributed by atoms with E-state index < -0.39 is 0 Å². The lowest BCUT2D eigenvalue weighted by Crippen LogP contribution is -2.27. The SMILES string of the molecule is CCC(CC)(CBr)CC(C)(C)C. The summed E-state index contributed by atoms with van der Waals surface area (Å²) in [5.74, 6) is 0. The van der Waals surface area contributed by atoms with Crippen LogP contribution in [0.4, 0.5) is 0 Å². The van der Waals surface area contributed by atoms with Crippen LogP contribution in [0.15, 0.2) is 0 Å². The Hall–Kier alpha value is 0.480. The van der Waals surface area contributed by atoms with Crippen molar-refractivity contribution in [2.75, 3.05) is 5.33 Å². The minimum Gasteiger partial charge on any atom is -0.0922 e. The molecule has 0 bridgehead atoms. The van der Waals surface area contributed by atoms with Crippen molar-refractivity contribution in [1.82, 2.24) is 0 Å². The summed E-state index contributed by atoms with van der Waals surface area (Å²) in [6.07, 6.45) is 3.89. The van der Waals surface area contributed by atoms with Crippen LogP contribution in [0.5, 0.6) is 0 Å². The summed E-state index contributed by atoms with van der Waals surface area (Å²) in [5, 5.41) is 1.14. The Morgan fingerprint density at radius 1 is 1.00 bits per heavy atom. The normalized spacial score (nSPS) is 13.5. The smallest absolute Gasteiger partial charge is 0.00879 e. The van der Waals surface area contributed by atoms with Crippen molar-refractivity contribution in [3.8, 4) is 0 Å². The summed E-state index contributed by atoms with van der Waals surface area (Å²) in [6.45, 7) is 11.6. The molecule has 0 fully saturated rings. The van der Waals surface area contributed by atoms with Gasteiger partial charge in [-0.15, -0.1) is 0 Å². The molecule has 12 heavy (non-hydrogen) atoms. The monoisotopic (exact) mass is 234 g/mol. The van der Waals surface area contributed by atoms with Gasteiger partial charge in [0.05, 0.1) is 0 Å². The van der Waals surface area contributed by atoms with E-state index >= 15 is 0 Å².